The highest BCUT2D eigenvalue weighted by Gasteiger charge is 2.04. The normalized spacial score (nSPS) is 10.6. The van der Waals surface area contributed by atoms with Crippen molar-refractivity contribution in [2.75, 3.05) is 18.5 Å². The SMILES string of the molecule is CCOC(=O)CCCNc1nc2cc(C)ccn2n1. The van der Waals surface area contributed by atoms with Gasteiger partial charge in [-0.15, -0.1) is 5.10 Å². The number of pyridine rings is 1. The Bertz CT molecular complexity index is 565. The summed E-state index contributed by atoms with van der Waals surface area (Å²) in [6, 6.07) is 3.95. The minimum atomic E-state index is -0.164. The first kappa shape index (κ1) is 13.3. The molecular weight excluding hydrogens is 244 g/mol. The lowest BCUT2D eigenvalue weighted by Crippen LogP contribution is -2.08. The second-order valence-electron chi connectivity index (χ2n) is 4.28. The van der Waals surface area contributed by atoms with E-state index < -0.39 is 0 Å². The molecule has 0 bridgehead atoms. The van der Waals surface area contributed by atoms with E-state index >= 15 is 0 Å². The number of anilines is 1. The first-order valence-corrected chi connectivity index (χ1v) is 6.41. The molecular formula is C13H18N4O2. The second kappa shape index (κ2) is 6.17. The summed E-state index contributed by atoms with van der Waals surface area (Å²) in [5, 5.41) is 7.39. The van der Waals surface area contributed by atoms with Gasteiger partial charge in [-0.05, 0) is 38.0 Å². The van der Waals surface area contributed by atoms with E-state index in [0.717, 1.165) is 11.2 Å². The molecule has 0 unspecified atom stereocenters. The number of hydrogen-bond acceptors (Lipinski definition) is 5. The molecule has 2 aromatic rings. The quantitative estimate of drug-likeness (QED) is 0.635. The number of rotatable bonds is 6. The third-order valence-electron chi connectivity index (χ3n) is 2.64. The van der Waals surface area contributed by atoms with Crippen molar-refractivity contribution < 1.29 is 9.53 Å². The maximum atomic E-state index is 11.1. The molecule has 0 aliphatic rings. The molecule has 0 atom stereocenters. The van der Waals surface area contributed by atoms with Crippen LogP contribution in [0.15, 0.2) is 18.3 Å². The molecule has 0 spiro atoms. The number of aromatic nitrogens is 3. The Morgan fingerprint density at radius 1 is 1.53 bits per heavy atom. The molecule has 0 fully saturated rings. The van der Waals surface area contributed by atoms with Crippen molar-refractivity contribution in [2.45, 2.75) is 26.7 Å². The van der Waals surface area contributed by atoms with Gasteiger partial charge in [0.1, 0.15) is 0 Å². The van der Waals surface area contributed by atoms with Crippen molar-refractivity contribution in [1.82, 2.24) is 14.6 Å². The fraction of sp³-hybridized carbons (Fsp3) is 0.462. The van der Waals surface area contributed by atoms with Crippen molar-refractivity contribution in [3.63, 3.8) is 0 Å². The topological polar surface area (TPSA) is 68.5 Å². The van der Waals surface area contributed by atoms with E-state index in [1.54, 1.807) is 11.4 Å². The zero-order chi connectivity index (χ0) is 13.7. The first-order chi connectivity index (χ1) is 9.19. The van der Waals surface area contributed by atoms with E-state index in [1.807, 2.05) is 25.3 Å². The minimum Gasteiger partial charge on any atom is -0.466 e. The Balaban J connectivity index is 1.83. The van der Waals surface area contributed by atoms with Gasteiger partial charge in [-0.2, -0.15) is 4.98 Å². The van der Waals surface area contributed by atoms with E-state index in [9.17, 15) is 4.79 Å². The maximum Gasteiger partial charge on any atom is 0.305 e. The number of carbonyl (C=O) groups is 1. The summed E-state index contributed by atoms with van der Waals surface area (Å²) in [5.41, 5.74) is 1.96. The number of ether oxygens (including phenoxy) is 1. The van der Waals surface area contributed by atoms with Crippen molar-refractivity contribution in [1.29, 1.82) is 0 Å². The maximum absolute atomic E-state index is 11.1. The largest absolute Gasteiger partial charge is 0.466 e. The summed E-state index contributed by atoms with van der Waals surface area (Å²) in [6.07, 6.45) is 2.99. The molecule has 0 aliphatic heterocycles. The lowest BCUT2D eigenvalue weighted by atomic mass is 10.3. The van der Waals surface area contributed by atoms with Crippen LogP contribution in [0, 0.1) is 6.92 Å². The van der Waals surface area contributed by atoms with Crippen LogP contribution >= 0.6 is 0 Å². The summed E-state index contributed by atoms with van der Waals surface area (Å²) in [7, 11) is 0. The highest BCUT2D eigenvalue weighted by Crippen LogP contribution is 2.07. The number of hydrogen-bond donors (Lipinski definition) is 1. The lowest BCUT2D eigenvalue weighted by molar-refractivity contribution is -0.143. The Morgan fingerprint density at radius 3 is 3.16 bits per heavy atom. The number of aryl methyl sites for hydroxylation is 1. The summed E-state index contributed by atoms with van der Waals surface area (Å²) in [6.45, 7) is 4.90. The smallest absolute Gasteiger partial charge is 0.305 e. The van der Waals surface area contributed by atoms with Crippen LogP contribution in [0.25, 0.3) is 5.65 Å². The van der Waals surface area contributed by atoms with E-state index in [1.165, 1.54) is 0 Å². The molecule has 2 aromatic heterocycles. The van der Waals surface area contributed by atoms with E-state index in [-0.39, 0.29) is 5.97 Å². The predicted molar refractivity (Wildman–Crippen MR) is 72.1 cm³/mol. The van der Waals surface area contributed by atoms with Crippen LogP contribution in [0.4, 0.5) is 5.95 Å². The minimum absolute atomic E-state index is 0.164. The van der Waals surface area contributed by atoms with Gasteiger partial charge in [0.15, 0.2) is 5.65 Å². The monoisotopic (exact) mass is 262 g/mol. The lowest BCUT2D eigenvalue weighted by Gasteiger charge is -2.02. The number of esters is 1. The third-order valence-corrected chi connectivity index (χ3v) is 2.64. The summed E-state index contributed by atoms with van der Waals surface area (Å²) in [5.74, 6) is 0.414. The first-order valence-electron chi connectivity index (χ1n) is 6.41. The standard InChI is InChI=1S/C13H18N4O2/c1-3-19-12(18)5-4-7-14-13-15-11-9-10(2)6-8-17(11)16-13/h6,8-9H,3-5,7H2,1-2H3,(H,14,16). The number of nitrogens with zero attached hydrogens (tertiary/aromatic N) is 3. The van der Waals surface area contributed by atoms with Crippen LogP contribution in [0.2, 0.25) is 0 Å². The highest BCUT2D eigenvalue weighted by molar-refractivity contribution is 5.69. The van der Waals surface area contributed by atoms with Crippen LogP contribution in [0.1, 0.15) is 25.3 Å². The summed E-state index contributed by atoms with van der Waals surface area (Å²) < 4.78 is 6.58. The fourth-order valence-electron chi connectivity index (χ4n) is 1.72. The zero-order valence-corrected chi connectivity index (χ0v) is 11.2. The molecule has 0 radical (unpaired) electrons. The van der Waals surface area contributed by atoms with Crippen molar-refractivity contribution >= 4 is 17.6 Å². The summed E-state index contributed by atoms with van der Waals surface area (Å²) in [4.78, 5) is 15.5. The number of fused-ring (bicyclic) bond motifs is 1. The third kappa shape index (κ3) is 3.67. The zero-order valence-electron chi connectivity index (χ0n) is 11.2. The van der Waals surface area contributed by atoms with Crippen LogP contribution in [0.3, 0.4) is 0 Å². The Labute approximate surface area is 111 Å². The van der Waals surface area contributed by atoms with Gasteiger partial charge < -0.3 is 10.1 Å². The molecule has 0 aromatic carbocycles. The molecule has 1 N–H and O–H groups in total. The van der Waals surface area contributed by atoms with Gasteiger partial charge in [-0.3, -0.25) is 4.79 Å². The molecule has 6 heteroatoms. The molecule has 2 rings (SSSR count). The average molecular weight is 262 g/mol. The molecule has 19 heavy (non-hydrogen) atoms. The van der Waals surface area contributed by atoms with Gasteiger partial charge in [-0.25, -0.2) is 4.52 Å². The van der Waals surface area contributed by atoms with Crippen molar-refractivity contribution in [2.24, 2.45) is 0 Å². The van der Waals surface area contributed by atoms with Gasteiger partial charge in [0.2, 0.25) is 5.95 Å². The van der Waals surface area contributed by atoms with E-state index in [2.05, 4.69) is 15.4 Å². The Hall–Kier alpha value is -2.11. The van der Waals surface area contributed by atoms with Crippen LogP contribution in [0.5, 0.6) is 0 Å². The average Bonchev–Trinajstić information content (AvgIpc) is 2.77. The molecule has 0 saturated heterocycles. The number of carbonyl (C=O) groups excluding carboxylic acids is 1. The van der Waals surface area contributed by atoms with Gasteiger partial charge >= 0.3 is 5.97 Å². The fourth-order valence-corrected chi connectivity index (χ4v) is 1.72. The Morgan fingerprint density at radius 2 is 2.37 bits per heavy atom. The van der Waals surface area contributed by atoms with Crippen LogP contribution in [-0.4, -0.2) is 33.7 Å². The van der Waals surface area contributed by atoms with Gasteiger partial charge in [0.05, 0.1) is 6.61 Å². The molecule has 2 heterocycles. The van der Waals surface area contributed by atoms with Crippen molar-refractivity contribution in [3.8, 4) is 0 Å². The predicted octanol–water partition coefficient (Wildman–Crippen LogP) is 1.79. The Kier molecular flexibility index (Phi) is 4.33. The highest BCUT2D eigenvalue weighted by atomic mass is 16.5. The van der Waals surface area contributed by atoms with Crippen LogP contribution < -0.4 is 5.32 Å². The van der Waals surface area contributed by atoms with E-state index in [0.29, 0.717) is 31.9 Å². The van der Waals surface area contributed by atoms with Gasteiger partial charge in [-0.1, -0.05) is 0 Å². The molecule has 102 valence electrons. The molecule has 0 saturated carbocycles. The van der Waals surface area contributed by atoms with Crippen LogP contribution in [-0.2, 0) is 9.53 Å². The number of nitrogens with one attached hydrogen (secondary N) is 1. The van der Waals surface area contributed by atoms with Gasteiger partial charge in [0.25, 0.3) is 0 Å². The van der Waals surface area contributed by atoms with E-state index in [4.69, 9.17) is 4.74 Å². The molecule has 0 aliphatic carbocycles. The van der Waals surface area contributed by atoms with Gasteiger partial charge in [0, 0.05) is 19.2 Å². The molecule has 6 nitrogen and oxygen atoms in total. The summed E-state index contributed by atoms with van der Waals surface area (Å²) >= 11 is 0. The molecule has 0 amide bonds. The van der Waals surface area contributed by atoms with Crippen molar-refractivity contribution in [3.05, 3.63) is 23.9 Å². The second-order valence-corrected chi connectivity index (χ2v) is 4.28.